The Bertz CT molecular complexity index is 1570. The maximum Gasteiger partial charge on any atom is 0.253 e. The molecule has 2 N–H and O–H groups in total. The van der Waals surface area contributed by atoms with Crippen molar-refractivity contribution in [3.63, 3.8) is 0 Å². The van der Waals surface area contributed by atoms with Gasteiger partial charge in [0.2, 0.25) is 12.4 Å². The summed E-state index contributed by atoms with van der Waals surface area (Å²) in [6.07, 6.45) is 4.17. The van der Waals surface area contributed by atoms with Crippen LogP contribution in [-0.2, 0) is 11.8 Å². The summed E-state index contributed by atoms with van der Waals surface area (Å²) < 4.78 is 8.85. The molecule has 176 valence electrons. The number of nitrogens with one attached hydrogen (secondary N) is 2. The summed E-state index contributed by atoms with van der Waals surface area (Å²) in [5.41, 5.74) is 4.97. The number of methoxy groups -OCH3 is 1. The first-order valence-corrected chi connectivity index (χ1v) is 11.1. The van der Waals surface area contributed by atoms with Crippen LogP contribution in [0, 0.1) is 0 Å². The van der Waals surface area contributed by atoms with Gasteiger partial charge in [0, 0.05) is 30.3 Å². The van der Waals surface area contributed by atoms with Crippen LogP contribution in [0.4, 0.5) is 5.95 Å². The number of rotatable bonds is 7. The topological polar surface area (TPSA) is 103 Å². The Hall–Kier alpha value is -4.66. The fraction of sp³-hybridized carbons (Fsp3) is 0.154. The third-order valence-corrected chi connectivity index (χ3v) is 6.03. The van der Waals surface area contributed by atoms with E-state index in [1.165, 1.54) is 0 Å². The van der Waals surface area contributed by atoms with Gasteiger partial charge in [-0.1, -0.05) is 18.2 Å². The van der Waals surface area contributed by atoms with Crippen LogP contribution in [0.15, 0.2) is 67.0 Å². The third-order valence-electron chi connectivity index (χ3n) is 6.03. The smallest absolute Gasteiger partial charge is 0.253 e. The normalized spacial score (nSPS) is 12.0. The summed E-state index contributed by atoms with van der Waals surface area (Å²) in [6, 6.07) is 17.3. The minimum absolute atomic E-state index is 0.152. The Labute approximate surface area is 201 Å². The second-order valence-electron chi connectivity index (χ2n) is 8.27. The molecule has 0 fully saturated rings. The lowest BCUT2D eigenvalue weighted by atomic mass is 10.0. The third kappa shape index (κ3) is 4.19. The van der Waals surface area contributed by atoms with Crippen LogP contribution in [0.5, 0.6) is 5.75 Å². The highest BCUT2D eigenvalue weighted by atomic mass is 16.5. The molecule has 2 amide bonds. The number of aryl methyl sites for hydroxylation is 1. The molecule has 1 atom stereocenters. The van der Waals surface area contributed by atoms with Gasteiger partial charge < -0.3 is 14.6 Å². The van der Waals surface area contributed by atoms with Gasteiger partial charge in [-0.15, -0.1) is 5.10 Å². The molecular formula is C26H24N6O3. The van der Waals surface area contributed by atoms with Crippen LogP contribution >= 0.6 is 0 Å². The van der Waals surface area contributed by atoms with Crippen LogP contribution in [0.1, 0.15) is 28.9 Å². The van der Waals surface area contributed by atoms with Crippen LogP contribution in [0.3, 0.4) is 0 Å². The van der Waals surface area contributed by atoms with Crippen molar-refractivity contribution in [2.24, 2.45) is 7.05 Å². The van der Waals surface area contributed by atoms with Crippen LogP contribution < -0.4 is 15.4 Å². The van der Waals surface area contributed by atoms with Gasteiger partial charge in [0.1, 0.15) is 5.75 Å². The van der Waals surface area contributed by atoms with Crippen LogP contribution in [0.2, 0.25) is 0 Å². The molecule has 35 heavy (non-hydrogen) atoms. The van der Waals surface area contributed by atoms with Gasteiger partial charge in [-0.25, -0.2) is 4.52 Å². The molecule has 0 saturated carbocycles. The molecule has 0 aliphatic rings. The highest BCUT2D eigenvalue weighted by Crippen LogP contribution is 2.29. The number of anilines is 1. The molecule has 0 bridgehead atoms. The molecule has 9 heteroatoms. The minimum atomic E-state index is -0.194. The predicted molar refractivity (Wildman–Crippen MR) is 133 cm³/mol. The fourth-order valence-electron chi connectivity index (χ4n) is 4.20. The number of carbonyl (C=O) groups is 2. The van der Waals surface area contributed by atoms with Crippen molar-refractivity contribution in [3.8, 4) is 16.9 Å². The number of nitrogens with zero attached hydrogens (tertiary/aromatic N) is 4. The molecule has 1 unspecified atom stereocenters. The highest BCUT2D eigenvalue weighted by Gasteiger charge is 2.18. The van der Waals surface area contributed by atoms with Gasteiger partial charge in [-0.2, -0.15) is 4.98 Å². The molecule has 3 heterocycles. The van der Waals surface area contributed by atoms with E-state index in [2.05, 4.69) is 20.7 Å². The number of hydrogen-bond donors (Lipinski definition) is 2. The van der Waals surface area contributed by atoms with Gasteiger partial charge in [0.15, 0.2) is 5.65 Å². The molecule has 0 spiro atoms. The number of pyridine rings is 1. The van der Waals surface area contributed by atoms with E-state index in [9.17, 15) is 9.59 Å². The Morgan fingerprint density at radius 1 is 1.11 bits per heavy atom. The first-order chi connectivity index (χ1) is 17.0. The van der Waals surface area contributed by atoms with Gasteiger partial charge in [0.05, 0.1) is 18.7 Å². The number of ether oxygens (including phenoxy) is 1. The summed E-state index contributed by atoms with van der Waals surface area (Å²) in [6.45, 7) is 1.95. The van der Waals surface area contributed by atoms with Crippen molar-refractivity contribution in [1.82, 2.24) is 24.5 Å². The summed E-state index contributed by atoms with van der Waals surface area (Å²) in [5, 5.41) is 10.6. The largest absolute Gasteiger partial charge is 0.497 e. The Morgan fingerprint density at radius 3 is 2.74 bits per heavy atom. The molecule has 9 nitrogen and oxygen atoms in total. The molecular weight excluding hydrogens is 444 g/mol. The first kappa shape index (κ1) is 22.1. The van der Waals surface area contributed by atoms with Gasteiger partial charge in [-0.05, 0) is 60.0 Å². The lowest BCUT2D eigenvalue weighted by Gasteiger charge is -2.15. The number of benzene rings is 2. The molecule has 2 aromatic carbocycles. The Kier molecular flexibility index (Phi) is 5.66. The maximum atomic E-state index is 13.3. The van der Waals surface area contributed by atoms with E-state index in [0.717, 1.165) is 33.3 Å². The van der Waals surface area contributed by atoms with Crippen molar-refractivity contribution in [2.75, 3.05) is 12.4 Å². The summed E-state index contributed by atoms with van der Waals surface area (Å²) in [5.74, 6) is 0.831. The summed E-state index contributed by atoms with van der Waals surface area (Å²) in [4.78, 5) is 28.3. The fourth-order valence-corrected chi connectivity index (χ4v) is 4.20. The second kappa shape index (κ2) is 8.94. The minimum Gasteiger partial charge on any atom is -0.497 e. The molecule has 0 saturated heterocycles. The maximum absolute atomic E-state index is 13.3. The van der Waals surface area contributed by atoms with Gasteiger partial charge >= 0.3 is 0 Å². The van der Waals surface area contributed by atoms with E-state index in [-0.39, 0.29) is 17.9 Å². The van der Waals surface area contributed by atoms with E-state index in [4.69, 9.17) is 4.74 Å². The molecule has 0 aliphatic carbocycles. The Balaban J connectivity index is 1.47. The summed E-state index contributed by atoms with van der Waals surface area (Å²) in [7, 11) is 3.55. The van der Waals surface area contributed by atoms with Crippen molar-refractivity contribution >= 4 is 34.8 Å². The average Bonchev–Trinajstić information content (AvgIpc) is 3.43. The number of hydrogen-bond acceptors (Lipinski definition) is 5. The van der Waals surface area contributed by atoms with Gasteiger partial charge in [-0.3, -0.25) is 14.9 Å². The molecule has 0 radical (unpaired) electrons. The average molecular weight is 469 g/mol. The number of carbonyl (C=O) groups excluding carboxylic acids is 2. The zero-order valence-corrected chi connectivity index (χ0v) is 19.5. The number of aromatic nitrogens is 4. The lowest BCUT2D eigenvalue weighted by Crippen LogP contribution is -2.26. The Morgan fingerprint density at radius 2 is 1.94 bits per heavy atom. The standard InChI is InChI=1S/C26H24N6O3/c1-16(17-5-4-6-20(11-17)35-3)28-25(34)22-14-31(2)23-8-7-18(12-21(22)23)19-9-10-32-24(13-19)29-26(30-32)27-15-33/h4-16H,1-3H3,(H,28,34)(H,27,30,33). The second-order valence-corrected chi connectivity index (χ2v) is 8.27. The lowest BCUT2D eigenvalue weighted by molar-refractivity contribution is -0.105. The highest BCUT2D eigenvalue weighted by molar-refractivity contribution is 6.08. The monoisotopic (exact) mass is 468 g/mol. The van der Waals surface area contributed by atoms with E-state index >= 15 is 0 Å². The van der Waals surface area contributed by atoms with Crippen molar-refractivity contribution in [1.29, 1.82) is 0 Å². The molecule has 5 rings (SSSR count). The van der Waals surface area contributed by atoms with Crippen LogP contribution in [0.25, 0.3) is 27.7 Å². The summed E-state index contributed by atoms with van der Waals surface area (Å²) >= 11 is 0. The zero-order valence-electron chi connectivity index (χ0n) is 19.5. The van der Waals surface area contributed by atoms with Crippen LogP contribution in [-0.4, -0.2) is 38.6 Å². The van der Waals surface area contributed by atoms with Crippen molar-refractivity contribution in [2.45, 2.75) is 13.0 Å². The van der Waals surface area contributed by atoms with E-state index < -0.39 is 0 Å². The number of amides is 2. The van der Waals surface area contributed by atoms with Crippen molar-refractivity contribution in [3.05, 3.63) is 78.1 Å². The van der Waals surface area contributed by atoms with Gasteiger partial charge in [0.25, 0.3) is 5.91 Å². The van der Waals surface area contributed by atoms with Crippen molar-refractivity contribution < 1.29 is 14.3 Å². The van der Waals surface area contributed by atoms with E-state index in [1.54, 1.807) is 17.8 Å². The quantitative estimate of drug-likeness (QED) is 0.352. The van der Waals surface area contributed by atoms with E-state index in [0.29, 0.717) is 17.6 Å². The molecule has 0 aliphatic heterocycles. The molecule has 3 aromatic heterocycles. The predicted octanol–water partition coefficient (Wildman–Crippen LogP) is 3.96. The SMILES string of the molecule is COc1cccc(C(C)NC(=O)c2cn(C)c3ccc(-c4ccn5nc(NC=O)nc5c4)cc23)c1. The number of fused-ring (bicyclic) bond motifs is 2. The molecule has 5 aromatic rings. The first-order valence-electron chi connectivity index (χ1n) is 11.1. The van der Waals surface area contributed by atoms with E-state index in [1.807, 2.05) is 79.3 Å². The zero-order chi connectivity index (χ0) is 24.5.